The van der Waals surface area contributed by atoms with Crippen LogP contribution in [0.5, 0.6) is 5.75 Å². The smallest absolute Gasteiger partial charge is 0.217 e. The first kappa shape index (κ1) is 11.6. The number of primary amides is 1. The van der Waals surface area contributed by atoms with Gasteiger partial charge in [0.25, 0.3) is 0 Å². The van der Waals surface area contributed by atoms with E-state index in [0.29, 0.717) is 12.8 Å². The molecule has 1 aromatic carbocycles. The second-order valence-electron chi connectivity index (χ2n) is 3.67. The van der Waals surface area contributed by atoms with Gasteiger partial charge in [0.2, 0.25) is 5.91 Å². The van der Waals surface area contributed by atoms with Gasteiger partial charge in [-0.2, -0.15) is 0 Å². The minimum atomic E-state index is -0.282. The lowest BCUT2D eigenvalue weighted by Gasteiger charge is -2.12. The van der Waals surface area contributed by atoms with Gasteiger partial charge >= 0.3 is 0 Å². The number of hydrogen-bond donors (Lipinski definition) is 1. The summed E-state index contributed by atoms with van der Waals surface area (Å²) in [5, 5.41) is 0. The van der Waals surface area contributed by atoms with Crippen LogP contribution in [0, 0.1) is 13.8 Å². The molecule has 0 aliphatic rings. The molecular weight excluding hydrogens is 190 g/mol. The molecule has 0 saturated heterocycles. The van der Waals surface area contributed by atoms with Crippen molar-refractivity contribution in [2.45, 2.75) is 26.7 Å². The monoisotopic (exact) mass is 207 g/mol. The average Bonchev–Trinajstić information content (AvgIpc) is 2.19. The van der Waals surface area contributed by atoms with Gasteiger partial charge < -0.3 is 10.5 Å². The fourth-order valence-electron chi connectivity index (χ4n) is 1.59. The molecule has 15 heavy (non-hydrogen) atoms. The van der Waals surface area contributed by atoms with E-state index in [9.17, 15) is 4.79 Å². The van der Waals surface area contributed by atoms with Gasteiger partial charge in [-0.3, -0.25) is 4.79 Å². The topological polar surface area (TPSA) is 52.3 Å². The molecule has 82 valence electrons. The number of benzene rings is 1. The molecule has 0 aromatic heterocycles. The predicted molar refractivity (Wildman–Crippen MR) is 60.0 cm³/mol. The molecule has 1 amide bonds. The highest BCUT2D eigenvalue weighted by molar-refractivity contribution is 5.74. The van der Waals surface area contributed by atoms with Crippen molar-refractivity contribution in [3.8, 4) is 5.75 Å². The van der Waals surface area contributed by atoms with Gasteiger partial charge in [-0.05, 0) is 37.0 Å². The first-order valence-electron chi connectivity index (χ1n) is 4.97. The zero-order valence-corrected chi connectivity index (χ0v) is 9.46. The lowest BCUT2D eigenvalue weighted by molar-refractivity contribution is -0.117. The molecule has 1 rings (SSSR count). The summed E-state index contributed by atoms with van der Waals surface area (Å²) in [5.41, 5.74) is 8.48. The lowest BCUT2D eigenvalue weighted by Crippen LogP contribution is -2.11. The fourth-order valence-corrected chi connectivity index (χ4v) is 1.59. The third kappa shape index (κ3) is 2.72. The molecule has 0 spiro atoms. The van der Waals surface area contributed by atoms with Crippen LogP contribution in [0.15, 0.2) is 12.1 Å². The first-order chi connectivity index (χ1) is 7.06. The van der Waals surface area contributed by atoms with E-state index >= 15 is 0 Å². The van der Waals surface area contributed by atoms with Crippen molar-refractivity contribution in [3.05, 3.63) is 28.8 Å². The minimum absolute atomic E-state index is 0.282. The van der Waals surface area contributed by atoms with Crippen LogP contribution in [0.1, 0.15) is 23.1 Å². The Morgan fingerprint density at radius 1 is 1.40 bits per heavy atom. The van der Waals surface area contributed by atoms with E-state index in [-0.39, 0.29) is 5.91 Å². The number of aryl methyl sites for hydroxylation is 2. The Kier molecular flexibility index (Phi) is 3.72. The van der Waals surface area contributed by atoms with Crippen LogP contribution in [-0.2, 0) is 11.2 Å². The fraction of sp³-hybridized carbons (Fsp3) is 0.417. The molecule has 0 fully saturated rings. The summed E-state index contributed by atoms with van der Waals surface area (Å²) in [6.45, 7) is 4.05. The number of rotatable bonds is 4. The number of amides is 1. The van der Waals surface area contributed by atoms with Crippen molar-refractivity contribution in [2.24, 2.45) is 5.73 Å². The van der Waals surface area contributed by atoms with Gasteiger partial charge in [0, 0.05) is 6.42 Å². The molecule has 0 radical (unpaired) electrons. The van der Waals surface area contributed by atoms with Crippen LogP contribution >= 0.6 is 0 Å². The largest absolute Gasteiger partial charge is 0.496 e. The molecular formula is C12H17NO2. The third-order valence-corrected chi connectivity index (χ3v) is 2.60. The number of ether oxygens (including phenoxy) is 1. The summed E-state index contributed by atoms with van der Waals surface area (Å²) in [6, 6.07) is 4.03. The van der Waals surface area contributed by atoms with Crippen molar-refractivity contribution in [3.63, 3.8) is 0 Å². The number of carbonyl (C=O) groups excluding carboxylic acids is 1. The molecule has 1 aromatic rings. The van der Waals surface area contributed by atoms with E-state index in [4.69, 9.17) is 10.5 Å². The van der Waals surface area contributed by atoms with Gasteiger partial charge in [-0.15, -0.1) is 0 Å². The Morgan fingerprint density at radius 3 is 2.60 bits per heavy atom. The van der Waals surface area contributed by atoms with E-state index in [1.807, 2.05) is 26.0 Å². The standard InChI is InChI=1S/C12H17NO2/c1-8-4-5-10(6-7-11(13)14)12(15-3)9(8)2/h4-5H,6-7H2,1-3H3,(H2,13,14). The SMILES string of the molecule is COc1c(CCC(N)=O)ccc(C)c1C. The van der Waals surface area contributed by atoms with Crippen molar-refractivity contribution in [2.75, 3.05) is 7.11 Å². The second kappa shape index (κ2) is 4.82. The van der Waals surface area contributed by atoms with Crippen LogP contribution in [0.4, 0.5) is 0 Å². The van der Waals surface area contributed by atoms with E-state index in [2.05, 4.69) is 0 Å². The Balaban J connectivity index is 2.97. The summed E-state index contributed by atoms with van der Waals surface area (Å²) >= 11 is 0. The Hall–Kier alpha value is -1.51. The molecule has 2 N–H and O–H groups in total. The normalized spacial score (nSPS) is 10.1. The zero-order chi connectivity index (χ0) is 11.4. The number of nitrogens with two attached hydrogens (primary N) is 1. The molecule has 3 heteroatoms. The maximum atomic E-state index is 10.7. The molecule has 0 saturated carbocycles. The van der Waals surface area contributed by atoms with Crippen molar-refractivity contribution < 1.29 is 9.53 Å². The minimum Gasteiger partial charge on any atom is -0.496 e. The van der Waals surface area contributed by atoms with Crippen LogP contribution in [0.25, 0.3) is 0 Å². The van der Waals surface area contributed by atoms with Crippen LogP contribution in [0.3, 0.4) is 0 Å². The third-order valence-electron chi connectivity index (χ3n) is 2.60. The van der Waals surface area contributed by atoms with Gasteiger partial charge in [0.1, 0.15) is 5.75 Å². The molecule has 0 aliphatic heterocycles. The average molecular weight is 207 g/mol. The van der Waals surface area contributed by atoms with Crippen LogP contribution < -0.4 is 10.5 Å². The maximum Gasteiger partial charge on any atom is 0.217 e. The summed E-state index contributed by atoms with van der Waals surface area (Å²) in [7, 11) is 1.65. The molecule has 0 bridgehead atoms. The Morgan fingerprint density at radius 2 is 2.07 bits per heavy atom. The quantitative estimate of drug-likeness (QED) is 0.817. The number of hydrogen-bond acceptors (Lipinski definition) is 2. The summed E-state index contributed by atoms with van der Waals surface area (Å²) in [4.78, 5) is 10.7. The summed E-state index contributed by atoms with van der Waals surface area (Å²) in [6.07, 6.45) is 0.998. The summed E-state index contributed by atoms with van der Waals surface area (Å²) < 4.78 is 5.34. The highest BCUT2D eigenvalue weighted by atomic mass is 16.5. The molecule has 3 nitrogen and oxygen atoms in total. The lowest BCUT2D eigenvalue weighted by atomic mass is 10.0. The number of carbonyl (C=O) groups is 1. The highest BCUT2D eigenvalue weighted by Gasteiger charge is 2.08. The molecule has 0 aliphatic carbocycles. The predicted octanol–water partition coefficient (Wildman–Crippen LogP) is 1.73. The van der Waals surface area contributed by atoms with Crippen molar-refractivity contribution in [1.29, 1.82) is 0 Å². The second-order valence-corrected chi connectivity index (χ2v) is 3.67. The van der Waals surface area contributed by atoms with Gasteiger partial charge in [0.05, 0.1) is 7.11 Å². The van der Waals surface area contributed by atoms with E-state index in [1.54, 1.807) is 7.11 Å². The zero-order valence-electron chi connectivity index (χ0n) is 9.46. The van der Waals surface area contributed by atoms with Crippen LogP contribution in [-0.4, -0.2) is 13.0 Å². The molecule has 0 atom stereocenters. The van der Waals surface area contributed by atoms with Crippen molar-refractivity contribution in [1.82, 2.24) is 0 Å². The highest BCUT2D eigenvalue weighted by Crippen LogP contribution is 2.26. The van der Waals surface area contributed by atoms with Crippen LogP contribution in [0.2, 0.25) is 0 Å². The van der Waals surface area contributed by atoms with Gasteiger partial charge in [-0.25, -0.2) is 0 Å². The van der Waals surface area contributed by atoms with E-state index in [1.165, 1.54) is 5.56 Å². The first-order valence-corrected chi connectivity index (χ1v) is 4.97. The maximum absolute atomic E-state index is 10.7. The van der Waals surface area contributed by atoms with Gasteiger partial charge in [-0.1, -0.05) is 12.1 Å². The Bertz CT molecular complexity index is 372. The van der Waals surface area contributed by atoms with Crippen molar-refractivity contribution >= 4 is 5.91 Å². The summed E-state index contributed by atoms with van der Waals surface area (Å²) in [5.74, 6) is 0.589. The van der Waals surface area contributed by atoms with Gasteiger partial charge in [0.15, 0.2) is 0 Å². The molecule has 0 unspecified atom stereocenters. The van der Waals surface area contributed by atoms with E-state index in [0.717, 1.165) is 16.9 Å². The molecule has 0 heterocycles. The van der Waals surface area contributed by atoms with E-state index < -0.39 is 0 Å². The number of methoxy groups -OCH3 is 1. The Labute approximate surface area is 90.2 Å².